The lowest BCUT2D eigenvalue weighted by molar-refractivity contribution is 0.413. The SMILES string of the molecule is COc1cc(C2CCNCC2)ccc1Nc1ncc(C)c(Nc2ccccc2CS(C)(=O)=O)n1. The van der Waals surface area contributed by atoms with Gasteiger partial charge in [0.1, 0.15) is 11.6 Å². The van der Waals surface area contributed by atoms with Crippen LogP contribution >= 0.6 is 0 Å². The van der Waals surface area contributed by atoms with Crippen LogP contribution in [-0.2, 0) is 15.6 Å². The number of nitrogens with one attached hydrogen (secondary N) is 3. The molecular weight excluding hydrogens is 450 g/mol. The molecule has 1 aliphatic heterocycles. The number of aromatic nitrogens is 2. The Balaban J connectivity index is 1.56. The molecule has 1 aliphatic rings. The second kappa shape index (κ2) is 10.4. The molecule has 34 heavy (non-hydrogen) atoms. The first-order valence-electron chi connectivity index (χ1n) is 11.3. The second-order valence-corrected chi connectivity index (χ2v) is 10.8. The summed E-state index contributed by atoms with van der Waals surface area (Å²) in [5, 5.41) is 9.94. The number of para-hydroxylation sites is 1. The van der Waals surface area contributed by atoms with E-state index < -0.39 is 9.84 Å². The molecule has 0 spiro atoms. The van der Waals surface area contributed by atoms with Crippen molar-refractivity contribution in [3.8, 4) is 5.75 Å². The van der Waals surface area contributed by atoms with E-state index in [1.54, 1.807) is 19.4 Å². The number of rotatable bonds is 8. The number of methoxy groups -OCH3 is 1. The van der Waals surface area contributed by atoms with Gasteiger partial charge in [0, 0.05) is 23.7 Å². The van der Waals surface area contributed by atoms with Crippen LogP contribution in [0.3, 0.4) is 0 Å². The van der Waals surface area contributed by atoms with Gasteiger partial charge < -0.3 is 20.7 Å². The molecule has 4 rings (SSSR count). The Morgan fingerprint density at radius 1 is 1.09 bits per heavy atom. The summed E-state index contributed by atoms with van der Waals surface area (Å²) in [5.41, 5.74) is 4.29. The molecule has 0 aliphatic carbocycles. The van der Waals surface area contributed by atoms with E-state index in [0.717, 1.165) is 42.9 Å². The highest BCUT2D eigenvalue weighted by molar-refractivity contribution is 7.89. The van der Waals surface area contributed by atoms with Crippen LogP contribution in [0.4, 0.5) is 23.1 Å². The Morgan fingerprint density at radius 2 is 1.85 bits per heavy atom. The lowest BCUT2D eigenvalue weighted by atomic mass is 9.90. The van der Waals surface area contributed by atoms with Crippen LogP contribution in [0.5, 0.6) is 5.75 Å². The second-order valence-electron chi connectivity index (χ2n) is 8.69. The summed E-state index contributed by atoms with van der Waals surface area (Å²) < 4.78 is 29.3. The predicted molar refractivity (Wildman–Crippen MR) is 136 cm³/mol. The van der Waals surface area contributed by atoms with E-state index in [4.69, 9.17) is 4.74 Å². The van der Waals surface area contributed by atoms with E-state index in [2.05, 4.69) is 38.1 Å². The average molecular weight is 482 g/mol. The normalized spacial score (nSPS) is 14.6. The fourth-order valence-electron chi connectivity index (χ4n) is 4.15. The summed E-state index contributed by atoms with van der Waals surface area (Å²) in [5.74, 6) is 2.24. The molecule has 2 aromatic carbocycles. The van der Waals surface area contributed by atoms with Gasteiger partial charge >= 0.3 is 0 Å². The van der Waals surface area contributed by atoms with E-state index in [1.165, 1.54) is 11.8 Å². The van der Waals surface area contributed by atoms with E-state index in [0.29, 0.717) is 28.9 Å². The Bertz CT molecular complexity index is 1260. The summed E-state index contributed by atoms with van der Waals surface area (Å²) in [6.07, 6.45) is 5.19. The molecule has 0 unspecified atom stereocenters. The molecule has 1 aromatic heterocycles. The first kappa shape index (κ1) is 24.0. The number of aryl methyl sites for hydroxylation is 1. The van der Waals surface area contributed by atoms with Gasteiger partial charge in [-0.15, -0.1) is 0 Å². The summed E-state index contributed by atoms with van der Waals surface area (Å²) >= 11 is 0. The maximum Gasteiger partial charge on any atom is 0.229 e. The molecule has 1 fully saturated rings. The van der Waals surface area contributed by atoms with Gasteiger partial charge in [-0.05, 0) is 68.1 Å². The maximum absolute atomic E-state index is 11.8. The smallest absolute Gasteiger partial charge is 0.229 e. The number of hydrogen-bond donors (Lipinski definition) is 3. The molecule has 8 nitrogen and oxygen atoms in total. The number of ether oxygens (including phenoxy) is 1. The first-order valence-corrected chi connectivity index (χ1v) is 13.4. The third kappa shape index (κ3) is 6.03. The van der Waals surface area contributed by atoms with Gasteiger partial charge in [-0.2, -0.15) is 4.98 Å². The number of benzene rings is 2. The molecule has 180 valence electrons. The van der Waals surface area contributed by atoms with Crippen molar-refractivity contribution in [2.45, 2.75) is 31.4 Å². The Morgan fingerprint density at radius 3 is 2.59 bits per heavy atom. The van der Waals surface area contributed by atoms with E-state index in [9.17, 15) is 8.42 Å². The van der Waals surface area contributed by atoms with E-state index >= 15 is 0 Å². The zero-order chi connectivity index (χ0) is 24.1. The summed E-state index contributed by atoms with van der Waals surface area (Å²) in [4.78, 5) is 9.06. The highest BCUT2D eigenvalue weighted by atomic mass is 32.2. The molecule has 1 saturated heterocycles. The van der Waals surface area contributed by atoms with Crippen LogP contribution in [0, 0.1) is 6.92 Å². The maximum atomic E-state index is 11.8. The molecule has 0 atom stereocenters. The van der Waals surface area contributed by atoms with Gasteiger partial charge in [0.05, 0.1) is 18.6 Å². The summed E-state index contributed by atoms with van der Waals surface area (Å²) in [6.45, 7) is 3.97. The summed E-state index contributed by atoms with van der Waals surface area (Å²) in [6, 6.07) is 13.6. The Hall–Kier alpha value is -3.17. The molecule has 0 amide bonds. The zero-order valence-corrected chi connectivity index (χ0v) is 20.6. The van der Waals surface area contributed by atoms with Crippen molar-refractivity contribution < 1.29 is 13.2 Å². The highest BCUT2D eigenvalue weighted by Crippen LogP contribution is 2.34. The van der Waals surface area contributed by atoms with Crippen molar-refractivity contribution >= 4 is 33.0 Å². The lowest BCUT2D eigenvalue weighted by Gasteiger charge is -2.24. The van der Waals surface area contributed by atoms with Gasteiger partial charge in [0.15, 0.2) is 9.84 Å². The largest absolute Gasteiger partial charge is 0.495 e. The number of sulfone groups is 1. The molecule has 0 bridgehead atoms. The number of piperidine rings is 1. The predicted octanol–water partition coefficient (Wildman–Crippen LogP) is 4.29. The Labute approximate surface area is 201 Å². The topological polar surface area (TPSA) is 105 Å². The third-order valence-corrected chi connectivity index (χ3v) is 6.78. The van der Waals surface area contributed by atoms with Crippen molar-refractivity contribution in [3.63, 3.8) is 0 Å². The number of hydrogen-bond acceptors (Lipinski definition) is 8. The lowest BCUT2D eigenvalue weighted by Crippen LogP contribution is -2.26. The zero-order valence-electron chi connectivity index (χ0n) is 19.8. The van der Waals surface area contributed by atoms with Crippen molar-refractivity contribution in [1.82, 2.24) is 15.3 Å². The summed E-state index contributed by atoms with van der Waals surface area (Å²) in [7, 11) is -1.51. The van der Waals surface area contributed by atoms with E-state index in [1.807, 2.05) is 31.2 Å². The minimum atomic E-state index is -3.17. The number of nitrogens with zero attached hydrogens (tertiary/aromatic N) is 2. The van der Waals surface area contributed by atoms with E-state index in [-0.39, 0.29) is 5.75 Å². The molecule has 0 radical (unpaired) electrons. The highest BCUT2D eigenvalue weighted by Gasteiger charge is 2.17. The fourth-order valence-corrected chi connectivity index (χ4v) is 4.96. The Kier molecular flexibility index (Phi) is 7.33. The third-order valence-electron chi connectivity index (χ3n) is 5.94. The van der Waals surface area contributed by atoms with Crippen LogP contribution in [0.15, 0.2) is 48.7 Å². The van der Waals surface area contributed by atoms with Crippen LogP contribution < -0.4 is 20.7 Å². The van der Waals surface area contributed by atoms with Crippen LogP contribution in [0.1, 0.15) is 35.4 Å². The standard InChI is InChI=1S/C25H31N5O3S/c1-17-15-27-25(30-24(17)28-21-7-5-4-6-20(21)16-34(3,31)32)29-22-9-8-19(14-23(22)33-2)18-10-12-26-13-11-18/h4-9,14-15,18,26H,10-13,16H2,1-3H3,(H2,27,28,29,30). The van der Waals surface area contributed by atoms with Crippen molar-refractivity contribution in [3.05, 3.63) is 65.4 Å². The molecule has 9 heteroatoms. The molecular formula is C25H31N5O3S. The monoisotopic (exact) mass is 481 g/mol. The molecule has 0 saturated carbocycles. The quantitative estimate of drug-likeness (QED) is 0.438. The van der Waals surface area contributed by atoms with Crippen molar-refractivity contribution in [2.75, 3.05) is 37.1 Å². The van der Waals surface area contributed by atoms with Gasteiger partial charge in [0.25, 0.3) is 0 Å². The average Bonchev–Trinajstić information content (AvgIpc) is 2.82. The van der Waals surface area contributed by atoms with Crippen LogP contribution in [0.2, 0.25) is 0 Å². The van der Waals surface area contributed by atoms with Crippen LogP contribution in [-0.4, -0.2) is 44.8 Å². The minimum Gasteiger partial charge on any atom is -0.495 e. The van der Waals surface area contributed by atoms with Gasteiger partial charge in [-0.1, -0.05) is 24.3 Å². The van der Waals surface area contributed by atoms with Gasteiger partial charge in [0.2, 0.25) is 5.95 Å². The van der Waals surface area contributed by atoms with Crippen molar-refractivity contribution in [1.29, 1.82) is 0 Å². The van der Waals surface area contributed by atoms with Crippen LogP contribution in [0.25, 0.3) is 0 Å². The first-order chi connectivity index (χ1) is 16.3. The molecule has 2 heterocycles. The fraction of sp³-hybridized carbons (Fsp3) is 0.360. The molecule has 3 N–H and O–H groups in total. The minimum absolute atomic E-state index is 0.0496. The van der Waals surface area contributed by atoms with Gasteiger partial charge in [-0.3, -0.25) is 0 Å². The van der Waals surface area contributed by atoms with Crippen molar-refractivity contribution in [2.24, 2.45) is 0 Å². The van der Waals surface area contributed by atoms with Gasteiger partial charge in [-0.25, -0.2) is 13.4 Å². The number of anilines is 4. The molecule has 3 aromatic rings.